The first-order valence-electron chi connectivity index (χ1n) is 11.5. The highest BCUT2D eigenvalue weighted by Gasteiger charge is 2.22. The average Bonchev–Trinajstić information content (AvgIpc) is 2.90. The molecule has 0 N–H and O–H groups in total. The molecule has 35 heavy (non-hydrogen) atoms. The van der Waals surface area contributed by atoms with Gasteiger partial charge in [0.15, 0.2) is 0 Å². The third kappa shape index (κ3) is 4.93. The Morgan fingerprint density at radius 3 is 2.40 bits per heavy atom. The topological polar surface area (TPSA) is 57.9 Å². The smallest absolute Gasteiger partial charge is 0.261 e. The van der Waals surface area contributed by atoms with E-state index in [1.807, 2.05) is 47.4 Å². The fraction of sp³-hybridized carbons (Fsp3) is 0.222. The number of nitrogens with zero attached hydrogens (tertiary/aromatic N) is 4. The standard InChI is InChI=1S/C27H25FN4O2S/c1-19-25(29-24-4-2-3-13-32(24)26(19)33)35-18-20-5-7-21(8-6-20)27(34)31-16-14-30(15-17-31)23-11-9-22(28)10-12-23/h2-13H,14-18H2,1H3. The maximum Gasteiger partial charge on any atom is 0.261 e. The summed E-state index contributed by atoms with van der Waals surface area (Å²) in [6.07, 6.45) is 1.73. The molecule has 1 saturated heterocycles. The van der Waals surface area contributed by atoms with Crippen LogP contribution in [0.2, 0.25) is 0 Å². The van der Waals surface area contributed by atoms with Gasteiger partial charge in [-0.25, -0.2) is 9.37 Å². The zero-order valence-corrected chi connectivity index (χ0v) is 20.2. The molecule has 1 aliphatic rings. The van der Waals surface area contributed by atoms with Crippen molar-refractivity contribution >= 4 is 29.0 Å². The van der Waals surface area contributed by atoms with Gasteiger partial charge in [-0.1, -0.05) is 18.2 Å². The molecule has 1 aliphatic heterocycles. The van der Waals surface area contributed by atoms with Crippen LogP contribution in [0.5, 0.6) is 0 Å². The molecule has 0 aliphatic carbocycles. The second kappa shape index (κ2) is 9.92. The van der Waals surface area contributed by atoms with E-state index in [1.165, 1.54) is 23.9 Å². The Morgan fingerprint density at radius 1 is 0.971 bits per heavy atom. The van der Waals surface area contributed by atoms with Gasteiger partial charge in [0.05, 0.1) is 0 Å². The van der Waals surface area contributed by atoms with Crippen LogP contribution >= 0.6 is 11.8 Å². The van der Waals surface area contributed by atoms with Gasteiger partial charge in [0.1, 0.15) is 16.5 Å². The third-order valence-electron chi connectivity index (χ3n) is 6.25. The predicted octanol–water partition coefficient (Wildman–Crippen LogP) is 4.40. The number of rotatable bonds is 5. The van der Waals surface area contributed by atoms with Crippen molar-refractivity contribution in [3.05, 3.63) is 106 Å². The molecule has 5 rings (SSSR count). The molecule has 8 heteroatoms. The number of hydrogen-bond donors (Lipinski definition) is 0. The van der Waals surface area contributed by atoms with Crippen molar-refractivity contribution in [2.24, 2.45) is 0 Å². The first-order valence-corrected chi connectivity index (χ1v) is 12.5. The summed E-state index contributed by atoms with van der Waals surface area (Å²) in [5.74, 6) is 0.423. The van der Waals surface area contributed by atoms with Crippen molar-refractivity contribution in [3.8, 4) is 0 Å². The van der Waals surface area contributed by atoms with Crippen LogP contribution < -0.4 is 10.5 Å². The zero-order chi connectivity index (χ0) is 24.4. The number of halogens is 1. The minimum atomic E-state index is -0.248. The number of pyridine rings is 1. The van der Waals surface area contributed by atoms with E-state index in [-0.39, 0.29) is 17.3 Å². The number of aromatic nitrogens is 2. The van der Waals surface area contributed by atoms with Crippen molar-refractivity contribution in [1.29, 1.82) is 0 Å². The molecule has 0 radical (unpaired) electrons. The van der Waals surface area contributed by atoms with Crippen molar-refractivity contribution in [2.75, 3.05) is 31.1 Å². The highest BCUT2D eigenvalue weighted by Crippen LogP contribution is 2.24. The van der Waals surface area contributed by atoms with Crippen molar-refractivity contribution in [3.63, 3.8) is 0 Å². The minimum absolute atomic E-state index is 0.0167. The molecule has 2 aromatic heterocycles. The van der Waals surface area contributed by atoms with E-state index in [9.17, 15) is 14.0 Å². The molecular weight excluding hydrogens is 463 g/mol. The number of benzene rings is 2. The number of carbonyl (C=O) groups excluding carboxylic acids is 1. The van der Waals surface area contributed by atoms with Gasteiger partial charge in [0.2, 0.25) is 0 Å². The predicted molar refractivity (Wildman–Crippen MR) is 137 cm³/mol. The van der Waals surface area contributed by atoms with E-state index >= 15 is 0 Å². The number of hydrogen-bond acceptors (Lipinski definition) is 5. The fourth-order valence-corrected chi connectivity index (χ4v) is 5.15. The number of carbonyl (C=O) groups is 1. The van der Waals surface area contributed by atoms with Crippen molar-refractivity contribution < 1.29 is 9.18 Å². The average molecular weight is 489 g/mol. The van der Waals surface area contributed by atoms with E-state index in [1.54, 1.807) is 29.7 Å². The first-order chi connectivity index (χ1) is 17.0. The summed E-state index contributed by atoms with van der Waals surface area (Å²) in [5.41, 5.74) is 3.89. The zero-order valence-electron chi connectivity index (χ0n) is 19.4. The molecule has 1 amide bonds. The molecule has 3 heterocycles. The van der Waals surface area contributed by atoms with Gasteiger partial charge in [-0.2, -0.15) is 0 Å². The maximum atomic E-state index is 13.2. The van der Waals surface area contributed by atoms with Crippen LogP contribution in [0.1, 0.15) is 21.5 Å². The molecule has 0 bridgehead atoms. The number of thioether (sulfide) groups is 1. The third-order valence-corrected chi connectivity index (χ3v) is 7.40. The SMILES string of the molecule is Cc1c(SCc2ccc(C(=O)N3CCN(c4ccc(F)cc4)CC3)cc2)nc2ccccn2c1=O. The molecule has 0 atom stereocenters. The minimum Gasteiger partial charge on any atom is -0.368 e. The van der Waals surface area contributed by atoms with Gasteiger partial charge in [0, 0.05) is 54.9 Å². The number of piperazine rings is 1. The second-order valence-electron chi connectivity index (χ2n) is 8.52. The van der Waals surface area contributed by atoms with Crippen molar-refractivity contribution in [1.82, 2.24) is 14.3 Å². The van der Waals surface area contributed by atoms with E-state index in [2.05, 4.69) is 9.88 Å². The summed E-state index contributed by atoms with van der Waals surface area (Å²) in [6.45, 7) is 4.47. The summed E-state index contributed by atoms with van der Waals surface area (Å²) < 4.78 is 14.7. The Bertz CT molecular complexity index is 1410. The molecule has 6 nitrogen and oxygen atoms in total. The Hall–Kier alpha value is -3.65. The molecule has 4 aromatic rings. The van der Waals surface area contributed by atoms with E-state index < -0.39 is 0 Å². The lowest BCUT2D eigenvalue weighted by Gasteiger charge is -2.36. The first kappa shape index (κ1) is 23.1. The molecule has 0 saturated carbocycles. The van der Waals surface area contributed by atoms with Crippen LogP contribution in [0.15, 0.2) is 82.7 Å². The highest BCUT2D eigenvalue weighted by atomic mass is 32.2. The van der Waals surface area contributed by atoms with Gasteiger partial charge >= 0.3 is 0 Å². The summed E-state index contributed by atoms with van der Waals surface area (Å²) >= 11 is 1.52. The molecule has 1 fully saturated rings. The van der Waals surface area contributed by atoms with E-state index in [0.29, 0.717) is 48.7 Å². The van der Waals surface area contributed by atoms with Gasteiger partial charge in [0.25, 0.3) is 11.5 Å². The lowest BCUT2D eigenvalue weighted by molar-refractivity contribution is 0.0747. The summed E-state index contributed by atoms with van der Waals surface area (Å²) in [7, 11) is 0. The number of fused-ring (bicyclic) bond motifs is 1. The van der Waals surface area contributed by atoms with Crippen LogP contribution in [-0.4, -0.2) is 46.4 Å². The Balaban J connectivity index is 1.20. The van der Waals surface area contributed by atoms with Crippen LogP contribution in [-0.2, 0) is 5.75 Å². The van der Waals surface area contributed by atoms with Gasteiger partial charge in [-0.3, -0.25) is 14.0 Å². The summed E-state index contributed by atoms with van der Waals surface area (Å²) in [6, 6.07) is 19.6. The highest BCUT2D eigenvalue weighted by molar-refractivity contribution is 7.98. The maximum absolute atomic E-state index is 13.2. The van der Waals surface area contributed by atoms with Gasteiger partial charge in [-0.05, 0) is 61.0 Å². The molecule has 2 aromatic carbocycles. The lowest BCUT2D eigenvalue weighted by Crippen LogP contribution is -2.48. The van der Waals surface area contributed by atoms with E-state index in [4.69, 9.17) is 0 Å². The van der Waals surface area contributed by atoms with Crippen LogP contribution in [0.4, 0.5) is 10.1 Å². The Morgan fingerprint density at radius 2 is 1.69 bits per heavy atom. The molecule has 0 spiro atoms. The van der Waals surface area contributed by atoms with Crippen LogP contribution in [0.25, 0.3) is 5.65 Å². The van der Waals surface area contributed by atoms with Gasteiger partial charge < -0.3 is 9.80 Å². The van der Waals surface area contributed by atoms with Gasteiger partial charge in [-0.15, -0.1) is 11.8 Å². The fourth-order valence-electron chi connectivity index (χ4n) is 4.19. The lowest BCUT2D eigenvalue weighted by atomic mass is 10.1. The quantitative estimate of drug-likeness (QED) is 0.308. The monoisotopic (exact) mass is 488 g/mol. The Labute approximate surface area is 207 Å². The Kier molecular flexibility index (Phi) is 6.55. The summed E-state index contributed by atoms with van der Waals surface area (Å²) in [4.78, 5) is 34.2. The normalized spacial score (nSPS) is 13.9. The number of anilines is 1. The summed E-state index contributed by atoms with van der Waals surface area (Å²) in [5, 5.41) is 0.723. The molecule has 0 unspecified atom stereocenters. The second-order valence-corrected chi connectivity index (χ2v) is 9.48. The molecular formula is C27H25FN4O2S. The van der Waals surface area contributed by atoms with Crippen LogP contribution in [0.3, 0.4) is 0 Å². The largest absolute Gasteiger partial charge is 0.368 e. The molecule has 178 valence electrons. The van der Waals surface area contributed by atoms with Crippen LogP contribution in [0, 0.1) is 12.7 Å². The number of amides is 1. The van der Waals surface area contributed by atoms with E-state index in [0.717, 1.165) is 16.3 Å². The van der Waals surface area contributed by atoms with Crippen molar-refractivity contribution in [2.45, 2.75) is 17.7 Å².